The maximum Gasteiger partial charge on any atom is 0.325 e. The molecule has 1 atom stereocenters. The Balaban J connectivity index is 1.78. The Bertz CT molecular complexity index is 876. The summed E-state index contributed by atoms with van der Waals surface area (Å²) < 4.78 is 5.32. The number of ketones is 1. The zero-order valence-electron chi connectivity index (χ0n) is 14.9. The van der Waals surface area contributed by atoms with Gasteiger partial charge in [0.1, 0.15) is 11.3 Å². The van der Waals surface area contributed by atoms with Crippen LogP contribution in [0.25, 0.3) is 0 Å². The molecule has 0 radical (unpaired) electrons. The summed E-state index contributed by atoms with van der Waals surface area (Å²) >= 11 is 1.35. The van der Waals surface area contributed by atoms with Gasteiger partial charge >= 0.3 is 6.03 Å². The average Bonchev–Trinajstić information content (AvgIpc) is 3.13. The van der Waals surface area contributed by atoms with Crippen molar-refractivity contribution < 1.29 is 19.1 Å². The van der Waals surface area contributed by atoms with Crippen LogP contribution in [0.1, 0.15) is 27.0 Å². The number of methoxy groups -OCH3 is 1. The number of hydrogen-bond donors (Lipinski definition) is 1. The van der Waals surface area contributed by atoms with Gasteiger partial charge in [0.15, 0.2) is 5.78 Å². The molecular formula is C19H20N2O4S. The third kappa shape index (κ3) is 3.35. The fraction of sp³-hybridized carbons (Fsp3) is 0.316. The number of amides is 3. The van der Waals surface area contributed by atoms with Gasteiger partial charge in [0.2, 0.25) is 0 Å². The Labute approximate surface area is 155 Å². The van der Waals surface area contributed by atoms with Gasteiger partial charge in [-0.05, 0) is 37.6 Å². The molecular weight excluding hydrogens is 352 g/mol. The lowest BCUT2D eigenvalue weighted by molar-refractivity contribution is -0.130. The number of imide groups is 1. The molecule has 0 saturated carbocycles. The number of hydrogen-bond acceptors (Lipinski definition) is 5. The summed E-state index contributed by atoms with van der Waals surface area (Å²) in [6.07, 6.45) is 0.282. The lowest BCUT2D eigenvalue weighted by Gasteiger charge is -2.22. The van der Waals surface area contributed by atoms with E-state index in [1.807, 2.05) is 31.2 Å². The summed E-state index contributed by atoms with van der Waals surface area (Å²) in [5, 5.41) is 2.73. The summed E-state index contributed by atoms with van der Waals surface area (Å²) in [5.74, 6) is 0.00235. The van der Waals surface area contributed by atoms with Gasteiger partial charge < -0.3 is 10.1 Å². The molecule has 3 amide bonds. The summed E-state index contributed by atoms with van der Waals surface area (Å²) in [6.45, 7) is 3.31. The summed E-state index contributed by atoms with van der Waals surface area (Å²) in [4.78, 5) is 40.1. The van der Waals surface area contributed by atoms with Crippen molar-refractivity contribution in [2.45, 2.75) is 25.8 Å². The molecule has 1 N–H and O–H groups in total. The molecule has 1 fully saturated rings. The lowest BCUT2D eigenvalue weighted by atomic mass is 9.92. The van der Waals surface area contributed by atoms with Crippen molar-refractivity contribution in [1.82, 2.24) is 10.2 Å². The van der Waals surface area contributed by atoms with E-state index in [2.05, 4.69) is 5.32 Å². The van der Waals surface area contributed by atoms with Gasteiger partial charge in [-0.25, -0.2) is 4.79 Å². The minimum absolute atomic E-state index is 0.242. The molecule has 1 aromatic carbocycles. The molecule has 2 aromatic rings. The van der Waals surface area contributed by atoms with Crippen LogP contribution in [-0.4, -0.2) is 41.8 Å². The van der Waals surface area contributed by atoms with E-state index < -0.39 is 17.5 Å². The van der Waals surface area contributed by atoms with Crippen LogP contribution in [0.2, 0.25) is 0 Å². The van der Waals surface area contributed by atoms with Crippen molar-refractivity contribution in [2.24, 2.45) is 0 Å². The largest absolute Gasteiger partial charge is 0.496 e. The number of benzene rings is 1. The number of ether oxygens (including phenoxy) is 1. The highest BCUT2D eigenvalue weighted by Gasteiger charge is 2.48. The first-order valence-corrected chi connectivity index (χ1v) is 9.01. The first-order chi connectivity index (χ1) is 12.3. The van der Waals surface area contributed by atoms with Crippen molar-refractivity contribution in [3.8, 4) is 5.75 Å². The van der Waals surface area contributed by atoms with Crippen LogP contribution >= 0.6 is 11.3 Å². The normalized spacial score (nSPS) is 19.6. The van der Waals surface area contributed by atoms with Crippen molar-refractivity contribution in [2.75, 3.05) is 13.7 Å². The number of carbonyl (C=O) groups is 3. The number of nitrogens with one attached hydrogen (secondary N) is 1. The molecule has 6 nitrogen and oxygen atoms in total. The van der Waals surface area contributed by atoms with Crippen LogP contribution in [0, 0.1) is 6.92 Å². The Morgan fingerprint density at radius 2 is 1.96 bits per heavy atom. The Kier molecular flexibility index (Phi) is 4.82. The van der Waals surface area contributed by atoms with E-state index in [0.29, 0.717) is 10.6 Å². The second-order valence-electron chi connectivity index (χ2n) is 6.48. The van der Waals surface area contributed by atoms with E-state index in [-0.39, 0.29) is 18.7 Å². The van der Waals surface area contributed by atoms with Gasteiger partial charge in [-0.1, -0.05) is 18.2 Å². The highest BCUT2D eigenvalue weighted by Crippen LogP contribution is 2.27. The van der Waals surface area contributed by atoms with E-state index >= 15 is 0 Å². The summed E-state index contributed by atoms with van der Waals surface area (Å²) in [6, 6.07) is 10.4. The van der Waals surface area contributed by atoms with E-state index in [0.717, 1.165) is 15.3 Å². The lowest BCUT2D eigenvalue weighted by Crippen LogP contribution is -2.46. The number of thiophene rings is 1. The molecule has 3 rings (SSSR count). The topological polar surface area (TPSA) is 75.7 Å². The van der Waals surface area contributed by atoms with Gasteiger partial charge in [0, 0.05) is 11.3 Å². The molecule has 0 unspecified atom stereocenters. The molecule has 26 heavy (non-hydrogen) atoms. The molecule has 0 aliphatic carbocycles. The standard InChI is InChI=1S/C19H20N2O4S/c1-12-8-9-16(26-12)14(22)11-21-17(23)19(2,20-18(21)24)10-13-6-4-5-7-15(13)25-3/h4-9H,10-11H2,1-3H3,(H,20,24)/t19-/m0/s1. The van der Waals surface area contributed by atoms with E-state index in [9.17, 15) is 14.4 Å². The fourth-order valence-corrected chi connectivity index (χ4v) is 3.84. The van der Waals surface area contributed by atoms with Crippen LogP contribution in [0.4, 0.5) is 4.79 Å². The van der Waals surface area contributed by atoms with Gasteiger partial charge in [0.05, 0.1) is 18.5 Å². The first-order valence-electron chi connectivity index (χ1n) is 8.20. The zero-order chi connectivity index (χ0) is 18.9. The molecule has 1 aliphatic rings. The second kappa shape index (κ2) is 6.92. The van der Waals surface area contributed by atoms with Gasteiger partial charge in [-0.3, -0.25) is 14.5 Å². The van der Waals surface area contributed by atoms with Crippen LogP contribution in [0.3, 0.4) is 0 Å². The maximum absolute atomic E-state index is 12.9. The van der Waals surface area contributed by atoms with Crippen LogP contribution in [-0.2, 0) is 11.2 Å². The smallest absolute Gasteiger partial charge is 0.325 e. The number of carbonyl (C=O) groups excluding carboxylic acids is 3. The molecule has 1 aromatic heterocycles. The van der Waals surface area contributed by atoms with Crippen molar-refractivity contribution in [3.63, 3.8) is 0 Å². The quantitative estimate of drug-likeness (QED) is 0.625. The van der Waals surface area contributed by atoms with Crippen LogP contribution in [0.15, 0.2) is 36.4 Å². The molecule has 1 aliphatic heterocycles. The van der Waals surface area contributed by atoms with Crippen molar-refractivity contribution in [1.29, 1.82) is 0 Å². The number of para-hydroxylation sites is 1. The molecule has 136 valence electrons. The zero-order valence-corrected chi connectivity index (χ0v) is 15.7. The molecule has 0 bridgehead atoms. The van der Waals surface area contributed by atoms with E-state index in [1.54, 1.807) is 26.2 Å². The Hall–Kier alpha value is -2.67. The number of nitrogens with zero attached hydrogens (tertiary/aromatic N) is 1. The van der Waals surface area contributed by atoms with Crippen LogP contribution < -0.4 is 10.1 Å². The predicted molar refractivity (Wildman–Crippen MR) is 98.7 cm³/mol. The monoisotopic (exact) mass is 372 g/mol. The number of aryl methyl sites for hydroxylation is 1. The first kappa shape index (κ1) is 18.1. The SMILES string of the molecule is COc1ccccc1C[C@]1(C)NC(=O)N(CC(=O)c2ccc(C)s2)C1=O. The third-order valence-corrected chi connectivity index (χ3v) is 5.44. The number of rotatable bonds is 6. The predicted octanol–water partition coefficient (Wildman–Crippen LogP) is 2.80. The second-order valence-corrected chi connectivity index (χ2v) is 7.76. The van der Waals surface area contributed by atoms with E-state index in [4.69, 9.17) is 4.74 Å². The molecule has 7 heteroatoms. The molecule has 1 saturated heterocycles. The van der Waals surface area contributed by atoms with Crippen LogP contribution in [0.5, 0.6) is 5.75 Å². The maximum atomic E-state index is 12.9. The summed E-state index contributed by atoms with van der Waals surface area (Å²) in [5.41, 5.74) is -0.301. The Morgan fingerprint density at radius 1 is 1.23 bits per heavy atom. The molecule has 2 heterocycles. The van der Waals surface area contributed by atoms with E-state index in [1.165, 1.54) is 11.3 Å². The van der Waals surface area contributed by atoms with Gasteiger partial charge in [-0.15, -0.1) is 11.3 Å². The molecule has 0 spiro atoms. The third-order valence-electron chi connectivity index (χ3n) is 4.40. The number of Topliss-reactive ketones (excluding diaryl/α,β-unsaturated/α-hetero) is 1. The average molecular weight is 372 g/mol. The van der Waals surface area contributed by atoms with Gasteiger partial charge in [0.25, 0.3) is 5.91 Å². The highest BCUT2D eigenvalue weighted by atomic mass is 32.1. The minimum Gasteiger partial charge on any atom is -0.496 e. The van der Waals surface area contributed by atoms with Crippen molar-refractivity contribution >= 4 is 29.1 Å². The van der Waals surface area contributed by atoms with Crippen molar-refractivity contribution in [3.05, 3.63) is 51.7 Å². The Morgan fingerprint density at radius 3 is 2.62 bits per heavy atom. The minimum atomic E-state index is -1.11. The highest BCUT2D eigenvalue weighted by molar-refractivity contribution is 7.14. The fourth-order valence-electron chi connectivity index (χ4n) is 3.05. The number of urea groups is 1. The van der Waals surface area contributed by atoms with Gasteiger partial charge in [-0.2, -0.15) is 0 Å². The summed E-state index contributed by atoms with van der Waals surface area (Å²) in [7, 11) is 1.56.